The third-order valence-corrected chi connectivity index (χ3v) is 4.97. The van der Waals surface area contributed by atoms with E-state index >= 15 is 0 Å². The topological polar surface area (TPSA) is 89.6 Å². The molecule has 0 fully saturated rings. The van der Waals surface area contributed by atoms with Gasteiger partial charge >= 0.3 is 5.69 Å². The number of para-hydroxylation sites is 2. The number of nitrogens with one attached hydrogen (secondary N) is 2. The summed E-state index contributed by atoms with van der Waals surface area (Å²) in [6.07, 6.45) is 1.82. The van der Waals surface area contributed by atoms with Crippen LogP contribution in [0.2, 0.25) is 0 Å². The fourth-order valence-corrected chi connectivity index (χ4v) is 3.71. The number of hydrogen-bond acceptors (Lipinski definition) is 4. The molecule has 0 saturated heterocycles. The van der Waals surface area contributed by atoms with Gasteiger partial charge in [0.05, 0.1) is 16.6 Å². The summed E-state index contributed by atoms with van der Waals surface area (Å²) in [7, 11) is 3.15. The number of fused-ring (bicyclic) bond motifs is 4. The van der Waals surface area contributed by atoms with Crippen molar-refractivity contribution in [2.45, 2.75) is 6.04 Å². The van der Waals surface area contributed by atoms with Gasteiger partial charge in [-0.2, -0.15) is 0 Å². The summed E-state index contributed by atoms with van der Waals surface area (Å²) in [5.74, 6) is 1.07. The van der Waals surface area contributed by atoms with Gasteiger partial charge in [0, 0.05) is 26.0 Å². The van der Waals surface area contributed by atoms with Gasteiger partial charge in [0.25, 0.3) is 5.56 Å². The summed E-state index contributed by atoms with van der Waals surface area (Å²) in [4.78, 5) is 33.3. The first kappa shape index (κ1) is 14.8. The molecule has 0 radical (unpaired) electrons. The van der Waals surface area contributed by atoms with E-state index in [1.807, 2.05) is 47.2 Å². The molecule has 0 aliphatic carbocycles. The van der Waals surface area contributed by atoms with Crippen LogP contribution in [0.1, 0.15) is 17.3 Å². The largest absolute Gasteiger partial charge is 0.363 e. The molecule has 1 unspecified atom stereocenters. The van der Waals surface area contributed by atoms with Crippen molar-refractivity contribution < 1.29 is 0 Å². The summed E-state index contributed by atoms with van der Waals surface area (Å²) >= 11 is 0. The summed E-state index contributed by atoms with van der Waals surface area (Å²) in [6, 6.07) is 11.2. The molecule has 0 spiro atoms. The lowest BCUT2D eigenvalue weighted by molar-refractivity contribution is 0.607. The van der Waals surface area contributed by atoms with Crippen LogP contribution in [0.5, 0.6) is 0 Å². The van der Waals surface area contributed by atoms with Crippen LogP contribution in [0.4, 0.5) is 11.8 Å². The SMILES string of the molecule is Cn1c2c(c(=O)n(C)c1=O)C(c1ccc[nH]1)n1c(nc3ccccc31)N2. The number of hydrogen-bond donors (Lipinski definition) is 2. The van der Waals surface area contributed by atoms with Crippen molar-refractivity contribution in [2.75, 3.05) is 5.32 Å². The van der Waals surface area contributed by atoms with Crippen LogP contribution >= 0.6 is 0 Å². The molecule has 1 aliphatic heterocycles. The Morgan fingerprint density at radius 2 is 1.85 bits per heavy atom. The van der Waals surface area contributed by atoms with Gasteiger partial charge in [-0.15, -0.1) is 0 Å². The Morgan fingerprint density at radius 1 is 1.04 bits per heavy atom. The molecule has 5 rings (SSSR count). The van der Waals surface area contributed by atoms with E-state index in [0.29, 0.717) is 17.3 Å². The third kappa shape index (κ3) is 1.75. The van der Waals surface area contributed by atoms with Crippen molar-refractivity contribution >= 4 is 22.8 Å². The maximum absolute atomic E-state index is 13.0. The van der Waals surface area contributed by atoms with Gasteiger partial charge in [0.15, 0.2) is 0 Å². The minimum absolute atomic E-state index is 0.321. The van der Waals surface area contributed by atoms with Gasteiger partial charge in [-0.1, -0.05) is 12.1 Å². The molecule has 1 aliphatic rings. The monoisotopic (exact) mass is 348 g/mol. The second-order valence-corrected chi connectivity index (χ2v) is 6.42. The van der Waals surface area contributed by atoms with Crippen LogP contribution < -0.4 is 16.6 Å². The van der Waals surface area contributed by atoms with Crippen LogP contribution in [-0.2, 0) is 14.1 Å². The average molecular weight is 348 g/mol. The normalized spacial score (nSPS) is 15.5. The van der Waals surface area contributed by atoms with E-state index in [0.717, 1.165) is 21.3 Å². The smallest absolute Gasteiger partial charge is 0.332 e. The van der Waals surface area contributed by atoms with Crippen LogP contribution in [0.3, 0.4) is 0 Å². The average Bonchev–Trinajstić information content (AvgIpc) is 3.30. The van der Waals surface area contributed by atoms with Gasteiger partial charge in [-0.05, 0) is 24.3 Å². The van der Waals surface area contributed by atoms with Gasteiger partial charge in [0.2, 0.25) is 5.95 Å². The van der Waals surface area contributed by atoms with Crippen molar-refractivity contribution in [3.05, 3.63) is 74.7 Å². The van der Waals surface area contributed by atoms with Crippen molar-refractivity contribution in [1.29, 1.82) is 0 Å². The first-order valence-corrected chi connectivity index (χ1v) is 8.25. The second kappa shape index (κ2) is 4.98. The Kier molecular flexibility index (Phi) is 2.83. The molecule has 8 heteroatoms. The number of aromatic amines is 1. The van der Waals surface area contributed by atoms with Crippen molar-refractivity contribution in [2.24, 2.45) is 14.1 Å². The lowest BCUT2D eigenvalue weighted by Crippen LogP contribution is -2.43. The lowest BCUT2D eigenvalue weighted by Gasteiger charge is -2.29. The van der Waals surface area contributed by atoms with Crippen LogP contribution in [0.15, 0.2) is 52.2 Å². The Bertz CT molecular complexity index is 1280. The molecule has 2 N–H and O–H groups in total. The number of imidazole rings is 1. The molecule has 0 amide bonds. The number of benzene rings is 1. The number of aromatic nitrogens is 5. The molecule has 1 aromatic carbocycles. The minimum atomic E-state index is -0.408. The van der Waals surface area contributed by atoms with Crippen molar-refractivity contribution in [3.8, 4) is 0 Å². The zero-order valence-corrected chi connectivity index (χ0v) is 14.2. The first-order chi connectivity index (χ1) is 12.6. The third-order valence-electron chi connectivity index (χ3n) is 4.97. The van der Waals surface area contributed by atoms with Crippen LogP contribution in [-0.4, -0.2) is 23.7 Å². The minimum Gasteiger partial charge on any atom is -0.363 e. The molecule has 1 atom stereocenters. The van der Waals surface area contributed by atoms with Crippen LogP contribution in [0.25, 0.3) is 11.0 Å². The maximum atomic E-state index is 13.0. The van der Waals surface area contributed by atoms with E-state index in [1.165, 1.54) is 11.6 Å². The molecule has 26 heavy (non-hydrogen) atoms. The molecular weight excluding hydrogens is 332 g/mol. The number of rotatable bonds is 1. The summed E-state index contributed by atoms with van der Waals surface area (Å²) in [6.45, 7) is 0. The molecule has 4 heterocycles. The Morgan fingerprint density at radius 3 is 2.62 bits per heavy atom. The molecule has 0 saturated carbocycles. The van der Waals surface area contributed by atoms with E-state index in [1.54, 1.807) is 7.05 Å². The van der Waals surface area contributed by atoms with Crippen LogP contribution in [0, 0.1) is 0 Å². The predicted octanol–water partition coefficient (Wildman–Crippen LogP) is 1.46. The first-order valence-electron chi connectivity index (χ1n) is 8.25. The van der Waals surface area contributed by atoms with E-state index in [4.69, 9.17) is 0 Å². The predicted molar refractivity (Wildman–Crippen MR) is 98.0 cm³/mol. The Labute approximate surface area is 147 Å². The van der Waals surface area contributed by atoms with E-state index in [-0.39, 0.29) is 11.2 Å². The highest BCUT2D eigenvalue weighted by molar-refractivity contribution is 5.82. The second-order valence-electron chi connectivity index (χ2n) is 6.42. The van der Waals surface area contributed by atoms with Gasteiger partial charge in [-0.3, -0.25) is 18.5 Å². The zero-order valence-electron chi connectivity index (χ0n) is 14.2. The van der Waals surface area contributed by atoms with E-state index in [2.05, 4.69) is 15.3 Å². The lowest BCUT2D eigenvalue weighted by atomic mass is 10.0. The highest BCUT2D eigenvalue weighted by atomic mass is 16.2. The van der Waals surface area contributed by atoms with Gasteiger partial charge in [0.1, 0.15) is 11.9 Å². The number of nitrogens with zero attached hydrogens (tertiary/aromatic N) is 4. The molecule has 8 nitrogen and oxygen atoms in total. The number of H-pyrrole nitrogens is 1. The van der Waals surface area contributed by atoms with Crippen molar-refractivity contribution in [1.82, 2.24) is 23.7 Å². The summed E-state index contributed by atoms with van der Waals surface area (Å²) in [5, 5.41) is 3.19. The fourth-order valence-electron chi connectivity index (χ4n) is 3.71. The zero-order chi connectivity index (χ0) is 18.0. The quantitative estimate of drug-likeness (QED) is 0.480. The summed E-state index contributed by atoms with van der Waals surface area (Å²) < 4.78 is 4.59. The standard InChI is InChI=1S/C18H16N6O2/c1-22-15-13(16(25)23(2)18(22)26)14(11-7-5-9-19-11)24-12-8-4-3-6-10(12)20-17(24)21-15/h3-9,14,19H,1-2H3,(H,20,21). The molecule has 130 valence electrons. The maximum Gasteiger partial charge on any atom is 0.332 e. The number of anilines is 2. The highest BCUT2D eigenvalue weighted by Crippen LogP contribution is 2.39. The Balaban J connectivity index is 1.95. The van der Waals surface area contributed by atoms with E-state index < -0.39 is 6.04 Å². The highest BCUT2D eigenvalue weighted by Gasteiger charge is 2.34. The molecule has 3 aromatic heterocycles. The molecule has 0 bridgehead atoms. The fraction of sp³-hybridized carbons (Fsp3) is 0.167. The Hall–Kier alpha value is -3.55. The van der Waals surface area contributed by atoms with E-state index in [9.17, 15) is 9.59 Å². The van der Waals surface area contributed by atoms with Gasteiger partial charge in [-0.25, -0.2) is 9.78 Å². The van der Waals surface area contributed by atoms with Gasteiger partial charge < -0.3 is 10.3 Å². The molecule has 4 aromatic rings. The summed E-state index contributed by atoms with van der Waals surface area (Å²) in [5.41, 5.74) is 2.40. The van der Waals surface area contributed by atoms with Crippen molar-refractivity contribution in [3.63, 3.8) is 0 Å². The molecular formula is C18H16N6O2.